The van der Waals surface area contributed by atoms with Crippen LogP contribution in [0.4, 0.5) is 5.82 Å². The van der Waals surface area contributed by atoms with Gasteiger partial charge in [-0.2, -0.15) is 10.1 Å². The predicted molar refractivity (Wildman–Crippen MR) is 120 cm³/mol. The molecule has 3 aromatic heterocycles. The van der Waals surface area contributed by atoms with E-state index in [1.165, 1.54) is 0 Å². The highest BCUT2D eigenvalue weighted by Gasteiger charge is 2.13. The van der Waals surface area contributed by atoms with Gasteiger partial charge in [-0.1, -0.05) is 23.4 Å². The standard InChI is InChI=1S/C22H25N7O3/c1-14-8-9-17(29(14)2)21-25-19(32-28-21)11-10-18(30)23-12-5-13-24-20-15-6-3-4-7-16(15)22(31)27-26-20/h3-4,6-9H,5,10-13H2,1-2H3,(H,23,30)(H,24,26)(H,27,31). The maximum Gasteiger partial charge on any atom is 0.272 e. The minimum atomic E-state index is -0.217. The quantitative estimate of drug-likeness (QED) is 0.343. The third-order valence-corrected chi connectivity index (χ3v) is 5.30. The molecule has 0 saturated carbocycles. The van der Waals surface area contributed by atoms with Gasteiger partial charge in [0.2, 0.25) is 17.6 Å². The van der Waals surface area contributed by atoms with Crippen molar-refractivity contribution in [3.05, 3.63) is 58.3 Å². The Kier molecular flexibility index (Phi) is 6.29. The Hall–Kier alpha value is -3.95. The summed E-state index contributed by atoms with van der Waals surface area (Å²) in [7, 11) is 1.94. The van der Waals surface area contributed by atoms with Crippen molar-refractivity contribution in [2.45, 2.75) is 26.2 Å². The number of aryl methyl sites for hydroxylation is 2. The molecular weight excluding hydrogens is 410 g/mol. The van der Waals surface area contributed by atoms with Crippen LogP contribution in [0.2, 0.25) is 0 Å². The van der Waals surface area contributed by atoms with Crippen LogP contribution in [0.5, 0.6) is 0 Å². The number of anilines is 1. The van der Waals surface area contributed by atoms with Crippen LogP contribution < -0.4 is 16.2 Å². The van der Waals surface area contributed by atoms with Gasteiger partial charge in [-0.3, -0.25) is 9.59 Å². The zero-order valence-electron chi connectivity index (χ0n) is 18.0. The molecule has 10 heteroatoms. The molecule has 3 heterocycles. The molecule has 0 aliphatic carbocycles. The topological polar surface area (TPSA) is 131 Å². The Bertz CT molecular complexity index is 1290. The molecule has 32 heavy (non-hydrogen) atoms. The first kappa shape index (κ1) is 21.3. The van der Waals surface area contributed by atoms with Crippen molar-refractivity contribution in [1.29, 1.82) is 0 Å². The van der Waals surface area contributed by atoms with Crippen molar-refractivity contribution in [1.82, 2.24) is 30.2 Å². The lowest BCUT2D eigenvalue weighted by atomic mass is 10.2. The maximum atomic E-state index is 12.1. The van der Waals surface area contributed by atoms with Crippen LogP contribution in [0.15, 0.2) is 45.7 Å². The molecule has 4 aromatic rings. The molecule has 0 atom stereocenters. The van der Waals surface area contributed by atoms with Crippen LogP contribution in [0.25, 0.3) is 22.3 Å². The molecule has 0 saturated heterocycles. The Balaban J connectivity index is 1.19. The molecule has 0 unspecified atom stereocenters. The molecule has 0 radical (unpaired) electrons. The van der Waals surface area contributed by atoms with E-state index in [4.69, 9.17) is 4.52 Å². The van der Waals surface area contributed by atoms with Gasteiger partial charge in [0.25, 0.3) is 5.56 Å². The third kappa shape index (κ3) is 4.69. The zero-order chi connectivity index (χ0) is 22.5. The van der Waals surface area contributed by atoms with Gasteiger partial charge in [0.05, 0.1) is 11.1 Å². The Labute approximate surface area is 184 Å². The molecule has 0 aliphatic heterocycles. The average Bonchev–Trinajstić information content (AvgIpc) is 3.40. The minimum Gasteiger partial charge on any atom is -0.368 e. The number of aromatic nitrogens is 5. The normalized spacial score (nSPS) is 11.1. The van der Waals surface area contributed by atoms with Gasteiger partial charge in [-0.05, 0) is 31.5 Å². The van der Waals surface area contributed by atoms with E-state index in [0.717, 1.165) is 16.8 Å². The number of benzene rings is 1. The zero-order valence-corrected chi connectivity index (χ0v) is 18.0. The highest BCUT2D eigenvalue weighted by Crippen LogP contribution is 2.19. The fourth-order valence-corrected chi connectivity index (χ4v) is 3.38. The third-order valence-electron chi connectivity index (χ3n) is 5.30. The summed E-state index contributed by atoms with van der Waals surface area (Å²) in [5.74, 6) is 1.50. The van der Waals surface area contributed by atoms with Crippen molar-refractivity contribution >= 4 is 22.5 Å². The number of carbonyl (C=O) groups is 1. The van der Waals surface area contributed by atoms with Crippen LogP contribution in [-0.4, -0.2) is 43.9 Å². The van der Waals surface area contributed by atoms with E-state index < -0.39 is 0 Å². The van der Waals surface area contributed by atoms with Gasteiger partial charge in [0, 0.05) is 44.1 Å². The van der Waals surface area contributed by atoms with E-state index in [0.29, 0.717) is 48.9 Å². The van der Waals surface area contributed by atoms with Crippen LogP contribution >= 0.6 is 0 Å². The Morgan fingerprint density at radius 3 is 2.75 bits per heavy atom. The maximum absolute atomic E-state index is 12.1. The average molecular weight is 435 g/mol. The summed E-state index contributed by atoms with van der Waals surface area (Å²) in [4.78, 5) is 28.3. The largest absolute Gasteiger partial charge is 0.368 e. The van der Waals surface area contributed by atoms with E-state index in [-0.39, 0.29) is 17.9 Å². The monoisotopic (exact) mass is 435 g/mol. The lowest BCUT2D eigenvalue weighted by Gasteiger charge is -2.08. The number of fused-ring (bicyclic) bond motifs is 1. The van der Waals surface area contributed by atoms with Crippen LogP contribution in [0, 0.1) is 6.92 Å². The summed E-state index contributed by atoms with van der Waals surface area (Å²) >= 11 is 0. The van der Waals surface area contributed by atoms with E-state index in [1.54, 1.807) is 6.07 Å². The van der Waals surface area contributed by atoms with Crippen LogP contribution in [0.1, 0.15) is 24.4 Å². The molecule has 1 aromatic carbocycles. The smallest absolute Gasteiger partial charge is 0.272 e. The number of H-pyrrole nitrogens is 1. The van der Waals surface area contributed by atoms with E-state index in [2.05, 4.69) is 31.0 Å². The second kappa shape index (κ2) is 9.46. The predicted octanol–water partition coefficient (Wildman–Crippen LogP) is 2.17. The fourth-order valence-electron chi connectivity index (χ4n) is 3.38. The van der Waals surface area contributed by atoms with E-state index >= 15 is 0 Å². The van der Waals surface area contributed by atoms with E-state index in [9.17, 15) is 9.59 Å². The molecule has 0 spiro atoms. The van der Waals surface area contributed by atoms with E-state index in [1.807, 2.05) is 48.9 Å². The Morgan fingerprint density at radius 2 is 1.97 bits per heavy atom. The second-order valence-electron chi connectivity index (χ2n) is 7.51. The molecule has 0 fully saturated rings. The minimum absolute atomic E-state index is 0.0768. The van der Waals surface area contributed by atoms with Gasteiger partial charge >= 0.3 is 0 Å². The number of hydrogen-bond donors (Lipinski definition) is 3. The highest BCUT2D eigenvalue weighted by atomic mass is 16.5. The second-order valence-corrected chi connectivity index (χ2v) is 7.51. The lowest BCUT2D eigenvalue weighted by Crippen LogP contribution is -2.26. The Morgan fingerprint density at radius 1 is 1.16 bits per heavy atom. The molecule has 0 aliphatic rings. The SMILES string of the molecule is Cc1ccc(-c2noc(CCC(=O)NCCCNc3n[nH]c(=O)c4ccccc34)n2)n1C. The molecule has 1 amide bonds. The van der Waals surface area contributed by atoms with Gasteiger partial charge in [-0.15, -0.1) is 0 Å². The fraction of sp³-hybridized carbons (Fsp3) is 0.318. The van der Waals surface area contributed by atoms with Crippen molar-refractivity contribution in [3.63, 3.8) is 0 Å². The summed E-state index contributed by atoms with van der Waals surface area (Å²) in [5.41, 5.74) is 1.76. The van der Waals surface area contributed by atoms with Gasteiger partial charge in [-0.25, -0.2) is 5.10 Å². The highest BCUT2D eigenvalue weighted by molar-refractivity contribution is 5.90. The summed E-state index contributed by atoms with van der Waals surface area (Å²) in [6.07, 6.45) is 1.36. The van der Waals surface area contributed by atoms with Crippen molar-refractivity contribution in [2.24, 2.45) is 7.05 Å². The van der Waals surface area contributed by atoms with Gasteiger partial charge in [0.15, 0.2) is 5.82 Å². The van der Waals surface area contributed by atoms with Crippen molar-refractivity contribution in [2.75, 3.05) is 18.4 Å². The van der Waals surface area contributed by atoms with Crippen LogP contribution in [-0.2, 0) is 18.3 Å². The molecule has 3 N–H and O–H groups in total. The van der Waals surface area contributed by atoms with Gasteiger partial charge < -0.3 is 19.7 Å². The first-order valence-electron chi connectivity index (χ1n) is 10.5. The molecule has 0 bridgehead atoms. The number of amides is 1. The van der Waals surface area contributed by atoms with Crippen LogP contribution in [0.3, 0.4) is 0 Å². The molecule has 4 rings (SSSR count). The lowest BCUT2D eigenvalue weighted by molar-refractivity contribution is -0.121. The van der Waals surface area contributed by atoms with Gasteiger partial charge in [0.1, 0.15) is 0 Å². The molecular formula is C22H25N7O3. The number of aromatic amines is 1. The van der Waals surface area contributed by atoms with Crippen molar-refractivity contribution in [3.8, 4) is 11.5 Å². The molecule has 166 valence electrons. The number of nitrogens with one attached hydrogen (secondary N) is 3. The number of rotatable bonds is 9. The summed E-state index contributed by atoms with van der Waals surface area (Å²) < 4.78 is 7.26. The summed E-state index contributed by atoms with van der Waals surface area (Å²) in [6, 6.07) is 11.2. The molecule has 10 nitrogen and oxygen atoms in total. The first-order valence-corrected chi connectivity index (χ1v) is 10.5. The number of nitrogens with zero attached hydrogens (tertiary/aromatic N) is 4. The summed E-state index contributed by atoms with van der Waals surface area (Å²) in [6.45, 7) is 3.13. The van der Waals surface area contributed by atoms with Crippen molar-refractivity contribution < 1.29 is 9.32 Å². The first-order chi connectivity index (χ1) is 15.5. The number of carbonyl (C=O) groups excluding carboxylic acids is 1. The summed E-state index contributed by atoms with van der Waals surface area (Å²) in [5, 5.41) is 18.0. The number of hydrogen-bond acceptors (Lipinski definition) is 7.